The maximum absolute atomic E-state index is 12.3. The number of hydrogen-bond donors (Lipinski definition) is 0. The Morgan fingerprint density at radius 1 is 1.23 bits per heavy atom. The van der Waals surface area contributed by atoms with Crippen LogP contribution in [0.25, 0.3) is 11.4 Å². The molecule has 1 aromatic heterocycles. The van der Waals surface area contributed by atoms with Crippen LogP contribution >= 0.6 is 11.6 Å². The summed E-state index contributed by atoms with van der Waals surface area (Å²) in [6.45, 7) is 6.46. The second-order valence-corrected chi connectivity index (χ2v) is 6.50. The Labute approximate surface area is 157 Å². The van der Waals surface area contributed by atoms with Crippen molar-refractivity contribution >= 4 is 23.4 Å². The van der Waals surface area contributed by atoms with Crippen molar-refractivity contribution in [3.63, 3.8) is 0 Å². The molecule has 1 saturated heterocycles. The molecule has 1 aliphatic rings. The lowest BCUT2D eigenvalue weighted by Crippen LogP contribution is -2.51. The quantitative estimate of drug-likeness (QED) is 0.779. The highest BCUT2D eigenvalue weighted by atomic mass is 35.5. The molecule has 3 rings (SSSR count). The summed E-state index contributed by atoms with van der Waals surface area (Å²) in [6, 6.07) is 6.95. The van der Waals surface area contributed by atoms with E-state index in [9.17, 15) is 9.59 Å². The molecule has 6 nitrogen and oxygen atoms in total. The van der Waals surface area contributed by atoms with Gasteiger partial charge in [0.05, 0.1) is 6.04 Å². The Morgan fingerprint density at radius 3 is 2.62 bits per heavy atom. The molecule has 1 atom stereocenters. The Kier molecular flexibility index (Phi) is 5.32. The van der Waals surface area contributed by atoms with Crippen LogP contribution in [0.5, 0.6) is 0 Å². The molecule has 2 amide bonds. The lowest BCUT2D eigenvalue weighted by atomic mass is 9.99. The zero-order valence-corrected chi connectivity index (χ0v) is 15.2. The van der Waals surface area contributed by atoms with Gasteiger partial charge in [-0.3, -0.25) is 9.59 Å². The van der Waals surface area contributed by atoms with Crippen molar-refractivity contribution in [2.75, 3.05) is 19.6 Å². The number of nitrogens with zero attached hydrogens (tertiary/aromatic N) is 4. The summed E-state index contributed by atoms with van der Waals surface area (Å²) in [6.07, 6.45) is 4.62. The normalized spacial score (nSPS) is 17.1. The largest absolute Gasteiger partial charge is 0.339 e. The second kappa shape index (κ2) is 7.66. The summed E-state index contributed by atoms with van der Waals surface area (Å²) in [7, 11) is 0. The molecule has 1 fully saturated rings. The number of rotatable bonds is 3. The summed E-state index contributed by atoms with van der Waals surface area (Å²) in [5.74, 6) is 0.363. The smallest absolute Gasteiger partial charge is 0.246 e. The molecule has 0 spiro atoms. The van der Waals surface area contributed by atoms with E-state index >= 15 is 0 Å². The van der Waals surface area contributed by atoms with Crippen molar-refractivity contribution in [1.29, 1.82) is 0 Å². The van der Waals surface area contributed by atoms with Crippen molar-refractivity contribution < 1.29 is 9.59 Å². The molecule has 0 bridgehead atoms. The molecule has 2 heterocycles. The lowest BCUT2D eigenvalue weighted by Gasteiger charge is -2.41. The van der Waals surface area contributed by atoms with Crippen molar-refractivity contribution in [2.45, 2.75) is 13.0 Å². The van der Waals surface area contributed by atoms with Crippen LogP contribution < -0.4 is 0 Å². The Balaban J connectivity index is 2.02. The van der Waals surface area contributed by atoms with E-state index < -0.39 is 0 Å². The van der Waals surface area contributed by atoms with Crippen LogP contribution in [0.4, 0.5) is 0 Å². The van der Waals surface area contributed by atoms with Gasteiger partial charge in [0.15, 0.2) is 5.82 Å². The number of aromatic nitrogens is 2. The minimum atomic E-state index is -0.306. The maximum atomic E-state index is 12.3. The third-order valence-corrected chi connectivity index (χ3v) is 4.63. The molecular weight excluding hydrogens is 352 g/mol. The lowest BCUT2D eigenvalue weighted by molar-refractivity contribution is -0.139. The predicted octanol–water partition coefficient (Wildman–Crippen LogP) is 2.71. The van der Waals surface area contributed by atoms with Crippen LogP contribution in [0.3, 0.4) is 0 Å². The van der Waals surface area contributed by atoms with E-state index in [0.29, 0.717) is 30.5 Å². The van der Waals surface area contributed by atoms with Crippen LogP contribution in [0, 0.1) is 0 Å². The fourth-order valence-electron chi connectivity index (χ4n) is 3.12. The number of carbonyl (C=O) groups excluding carboxylic acids is 2. The molecule has 0 N–H and O–H groups in total. The Hall–Kier alpha value is -2.73. The van der Waals surface area contributed by atoms with Gasteiger partial charge in [0, 0.05) is 49.5 Å². The highest BCUT2D eigenvalue weighted by Gasteiger charge is 2.32. The van der Waals surface area contributed by atoms with Crippen LogP contribution in [-0.4, -0.2) is 51.2 Å². The monoisotopic (exact) mass is 370 g/mol. The fourth-order valence-corrected chi connectivity index (χ4v) is 3.36. The van der Waals surface area contributed by atoms with E-state index in [0.717, 1.165) is 11.1 Å². The molecule has 134 valence electrons. The van der Waals surface area contributed by atoms with Gasteiger partial charge in [-0.15, -0.1) is 0 Å². The predicted molar refractivity (Wildman–Crippen MR) is 99.4 cm³/mol. The third kappa shape index (κ3) is 3.75. The minimum absolute atomic E-state index is 0.0191. The molecule has 1 aliphatic heterocycles. The van der Waals surface area contributed by atoms with E-state index in [1.807, 2.05) is 12.1 Å². The van der Waals surface area contributed by atoms with Crippen molar-refractivity contribution in [2.24, 2.45) is 0 Å². The fraction of sp³-hybridized carbons (Fsp3) is 0.263. The van der Waals surface area contributed by atoms with Gasteiger partial charge < -0.3 is 9.80 Å². The topological polar surface area (TPSA) is 66.4 Å². The summed E-state index contributed by atoms with van der Waals surface area (Å²) < 4.78 is 0. The zero-order valence-electron chi connectivity index (χ0n) is 14.4. The zero-order chi connectivity index (χ0) is 18.7. The number of carbonyl (C=O) groups is 2. The highest BCUT2D eigenvalue weighted by molar-refractivity contribution is 6.31. The average Bonchev–Trinajstić information content (AvgIpc) is 2.67. The molecular formula is C19H19ClN4O2. The first-order valence-corrected chi connectivity index (χ1v) is 8.64. The van der Waals surface area contributed by atoms with Gasteiger partial charge in [-0.25, -0.2) is 9.97 Å². The molecule has 7 heteroatoms. The van der Waals surface area contributed by atoms with Gasteiger partial charge in [0.1, 0.15) is 0 Å². The molecule has 2 aromatic rings. The minimum Gasteiger partial charge on any atom is -0.339 e. The van der Waals surface area contributed by atoms with Gasteiger partial charge in [-0.05, 0) is 35.9 Å². The van der Waals surface area contributed by atoms with Crippen LogP contribution in [-0.2, 0) is 9.59 Å². The Morgan fingerprint density at radius 2 is 1.96 bits per heavy atom. The van der Waals surface area contributed by atoms with Crippen LogP contribution in [0.1, 0.15) is 18.5 Å². The molecule has 26 heavy (non-hydrogen) atoms. The maximum Gasteiger partial charge on any atom is 0.246 e. The summed E-state index contributed by atoms with van der Waals surface area (Å²) in [5.41, 5.74) is 1.60. The summed E-state index contributed by atoms with van der Waals surface area (Å²) in [5, 5.41) is 0.524. The number of benzene rings is 1. The van der Waals surface area contributed by atoms with Crippen molar-refractivity contribution in [1.82, 2.24) is 19.8 Å². The van der Waals surface area contributed by atoms with E-state index in [4.69, 9.17) is 11.6 Å². The average molecular weight is 371 g/mol. The van der Waals surface area contributed by atoms with Gasteiger partial charge in [-0.2, -0.15) is 0 Å². The van der Waals surface area contributed by atoms with Gasteiger partial charge in [-0.1, -0.05) is 18.2 Å². The third-order valence-electron chi connectivity index (χ3n) is 4.41. The molecule has 0 saturated carbocycles. The van der Waals surface area contributed by atoms with Crippen molar-refractivity contribution in [3.8, 4) is 11.4 Å². The van der Waals surface area contributed by atoms with Crippen molar-refractivity contribution in [3.05, 3.63) is 59.9 Å². The van der Waals surface area contributed by atoms with Gasteiger partial charge in [0.2, 0.25) is 11.8 Å². The van der Waals surface area contributed by atoms with Crippen LogP contribution in [0.2, 0.25) is 5.02 Å². The summed E-state index contributed by atoms with van der Waals surface area (Å²) in [4.78, 5) is 36.1. The van der Waals surface area contributed by atoms with Gasteiger partial charge in [0.25, 0.3) is 0 Å². The first kappa shape index (κ1) is 18.1. The summed E-state index contributed by atoms with van der Waals surface area (Å²) >= 11 is 6.32. The molecule has 0 unspecified atom stereocenters. The second-order valence-electron chi connectivity index (χ2n) is 6.06. The van der Waals surface area contributed by atoms with Crippen LogP contribution in [0.15, 0.2) is 49.3 Å². The SMILES string of the molecule is C=CC(=O)N1CCN(C(C)=O)C[C@H]1c1cc(Cl)cc(-c2ncccn2)c1. The first-order chi connectivity index (χ1) is 12.5. The Bertz CT molecular complexity index is 841. The number of piperazine rings is 1. The number of halogens is 1. The van der Waals surface area contributed by atoms with E-state index in [1.165, 1.54) is 13.0 Å². The van der Waals surface area contributed by atoms with E-state index in [2.05, 4.69) is 16.5 Å². The number of hydrogen-bond acceptors (Lipinski definition) is 4. The first-order valence-electron chi connectivity index (χ1n) is 8.26. The van der Waals surface area contributed by atoms with Gasteiger partial charge >= 0.3 is 0 Å². The number of amides is 2. The van der Waals surface area contributed by atoms with E-state index in [-0.39, 0.29) is 17.9 Å². The highest BCUT2D eigenvalue weighted by Crippen LogP contribution is 2.31. The van der Waals surface area contributed by atoms with E-state index in [1.54, 1.807) is 34.3 Å². The molecule has 1 aromatic carbocycles. The molecule has 0 radical (unpaired) electrons. The standard InChI is InChI=1S/C19H19ClN4O2/c1-3-18(26)24-8-7-23(13(2)25)12-17(24)14-9-15(11-16(20)10-14)19-21-5-4-6-22-19/h3-6,9-11,17H,1,7-8,12H2,2H3/t17-/m0/s1. The molecule has 0 aliphatic carbocycles.